The number of nitrogens with zero attached hydrogens (tertiary/aromatic N) is 3. The normalized spacial score (nSPS) is 11.6. The van der Waals surface area contributed by atoms with E-state index in [4.69, 9.17) is 4.74 Å². The van der Waals surface area contributed by atoms with E-state index in [-0.39, 0.29) is 0 Å². The molecule has 1 aromatic rings. The lowest BCUT2D eigenvalue weighted by atomic mass is 10.2. The van der Waals surface area contributed by atoms with Crippen molar-refractivity contribution in [2.24, 2.45) is 0 Å². The molecule has 0 radical (unpaired) electrons. The molecule has 1 aromatic heterocycles. The third-order valence-electron chi connectivity index (χ3n) is 3.35. The highest BCUT2D eigenvalue weighted by Crippen LogP contribution is 2.07. The molecule has 0 unspecified atom stereocenters. The molecule has 0 saturated carbocycles. The summed E-state index contributed by atoms with van der Waals surface area (Å²) in [6, 6.07) is 4.90. The van der Waals surface area contributed by atoms with E-state index < -0.39 is 0 Å². The Hall–Kier alpha value is -1.20. The van der Waals surface area contributed by atoms with Crippen molar-refractivity contribution in [3.8, 4) is 5.88 Å². The lowest BCUT2D eigenvalue weighted by Crippen LogP contribution is -2.39. The average molecular weight is 294 g/mol. The fourth-order valence-corrected chi connectivity index (χ4v) is 2.28. The second-order valence-corrected chi connectivity index (χ2v) is 5.81. The summed E-state index contributed by atoms with van der Waals surface area (Å²) < 4.78 is 5.68. The van der Waals surface area contributed by atoms with Crippen LogP contribution in [0.4, 0.5) is 0 Å². The van der Waals surface area contributed by atoms with Crippen LogP contribution < -0.4 is 10.1 Å². The van der Waals surface area contributed by atoms with Crippen LogP contribution >= 0.6 is 0 Å². The van der Waals surface area contributed by atoms with Gasteiger partial charge < -0.3 is 10.1 Å². The quantitative estimate of drug-likeness (QED) is 0.672. The molecule has 5 nitrogen and oxygen atoms in total. The Morgan fingerprint density at radius 3 is 2.38 bits per heavy atom. The monoisotopic (exact) mass is 294 g/mol. The van der Waals surface area contributed by atoms with Crippen molar-refractivity contribution in [1.29, 1.82) is 0 Å². The van der Waals surface area contributed by atoms with Crippen molar-refractivity contribution >= 4 is 0 Å². The molecule has 0 bridgehead atoms. The van der Waals surface area contributed by atoms with Crippen molar-refractivity contribution in [1.82, 2.24) is 20.4 Å². The molecule has 5 heteroatoms. The number of aromatic nitrogens is 2. The Bertz CT molecular complexity index is 370. The second kappa shape index (κ2) is 9.68. The van der Waals surface area contributed by atoms with Gasteiger partial charge in [0, 0.05) is 31.2 Å². The zero-order valence-electron chi connectivity index (χ0n) is 14.1. The van der Waals surface area contributed by atoms with Gasteiger partial charge >= 0.3 is 0 Å². The molecule has 0 atom stereocenters. The summed E-state index contributed by atoms with van der Waals surface area (Å²) in [7, 11) is 0. The summed E-state index contributed by atoms with van der Waals surface area (Å²) in [4.78, 5) is 2.40. The van der Waals surface area contributed by atoms with E-state index in [0.29, 0.717) is 24.6 Å². The van der Waals surface area contributed by atoms with Crippen LogP contribution in [-0.4, -0.2) is 46.9 Å². The number of ether oxygens (including phenoxy) is 1. The molecule has 21 heavy (non-hydrogen) atoms. The fraction of sp³-hybridized carbons (Fsp3) is 0.750. The van der Waals surface area contributed by atoms with E-state index in [0.717, 1.165) is 31.7 Å². The summed E-state index contributed by atoms with van der Waals surface area (Å²) in [5, 5.41) is 11.6. The maximum absolute atomic E-state index is 5.68. The third-order valence-corrected chi connectivity index (χ3v) is 3.35. The van der Waals surface area contributed by atoms with Gasteiger partial charge in [0.05, 0.1) is 5.69 Å². The van der Waals surface area contributed by atoms with E-state index in [1.54, 1.807) is 0 Å². The molecule has 0 aliphatic rings. The van der Waals surface area contributed by atoms with Crippen molar-refractivity contribution in [2.45, 2.75) is 59.7 Å². The summed E-state index contributed by atoms with van der Waals surface area (Å²) >= 11 is 0. The third kappa shape index (κ3) is 6.87. The van der Waals surface area contributed by atoms with Crippen LogP contribution in [0.15, 0.2) is 12.1 Å². The predicted octanol–water partition coefficient (Wildman–Crippen LogP) is 2.47. The van der Waals surface area contributed by atoms with Gasteiger partial charge in [-0.25, -0.2) is 0 Å². The lowest BCUT2D eigenvalue weighted by Gasteiger charge is -2.30. The first-order valence-electron chi connectivity index (χ1n) is 7.96. The molecule has 1 heterocycles. The molecular formula is C16H30N4O. The zero-order chi connectivity index (χ0) is 15.7. The highest BCUT2D eigenvalue weighted by Gasteiger charge is 2.12. The number of hydrogen-bond donors (Lipinski definition) is 1. The topological polar surface area (TPSA) is 50.3 Å². The molecule has 0 spiro atoms. The van der Waals surface area contributed by atoms with Crippen LogP contribution in [-0.2, 0) is 6.54 Å². The molecular weight excluding hydrogens is 264 g/mol. The van der Waals surface area contributed by atoms with Gasteiger partial charge in [-0.05, 0) is 46.7 Å². The first kappa shape index (κ1) is 17.9. The van der Waals surface area contributed by atoms with E-state index >= 15 is 0 Å². The minimum Gasteiger partial charge on any atom is -0.475 e. The molecule has 120 valence electrons. The number of hydrogen-bond acceptors (Lipinski definition) is 5. The van der Waals surface area contributed by atoms with Gasteiger partial charge in [0.15, 0.2) is 0 Å². The summed E-state index contributed by atoms with van der Waals surface area (Å²) in [5.41, 5.74) is 0.946. The van der Waals surface area contributed by atoms with Crippen molar-refractivity contribution in [3.63, 3.8) is 0 Å². The molecule has 1 N–H and O–H groups in total. The standard InChI is InChI=1S/C16H30N4O/c1-6-9-17-12-15-7-8-16(19-18-15)21-11-10-20(13(2)3)14(4)5/h7-8,13-14,17H,6,9-12H2,1-5H3. The number of nitrogens with one attached hydrogen (secondary N) is 1. The fourth-order valence-electron chi connectivity index (χ4n) is 2.28. The minimum absolute atomic E-state index is 0.520. The van der Waals surface area contributed by atoms with Crippen molar-refractivity contribution < 1.29 is 4.74 Å². The summed E-state index contributed by atoms with van der Waals surface area (Å²) in [6.07, 6.45) is 1.12. The summed E-state index contributed by atoms with van der Waals surface area (Å²) in [6.45, 7) is 14.3. The maximum Gasteiger partial charge on any atom is 0.233 e. The van der Waals surface area contributed by atoms with Crippen LogP contribution in [0.25, 0.3) is 0 Å². The Morgan fingerprint density at radius 1 is 1.14 bits per heavy atom. The molecule has 0 aliphatic heterocycles. The summed E-state index contributed by atoms with van der Waals surface area (Å²) in [5.74, 6) is 0.599. The molecule has 0 fully saturated rings. The zero-order valence-corrected chi connectivity index (χ0v) is 14.1. The molecule has 0 aromatic carbocycles. The van der Waals surface area contributed by atoms with Crippen molar-refractivity contribution in [3.05, 3.63) is 17.8 Å². The van der Waals surface area contributed by atoms with Crippen LogP contribution in [0.5, 0.6) is 5.88 Å². The van der Waals surface area contributed by atoms with Gasteiger partial charge in [-0.15, -0.1) is 5.10 Å². The van der Waals surface area contributed by atoms with Gasteiger partial charge in [-0.2, -0.15) is 5.10 Å². The first-order chi connectivity index (χ1) is 10.0. The van der Waals surface area contributed by atoms with Gasteiger partial charge in [0.2, 0.25) is 5.88 Å². The van der Waals surface area contributed by atoms with Crippen LogP contribution in [0.3, 0.4) is 0 Å². The SMILES string of the molecule is CCCNCc1ccc(OCCN(C(C)C)C(C)C)nn1. The highest BCUT2D eigenvalue weighted by molar-refractivity contribution is 5.11. The van der Waals surface area contributed by atoms with E-state index in [1.165, 1.54) is 0 Å². The minimum atomic E-state index is 0.520. The van der Waals surface area contributed by atoms with Crippen LogP contribution in [0.2, 0.25) is 0 Å². The predicted molar refractivity (Wildman–Crippen MR) is 86.5 cm³/mol. The maximum atomic E-state index is 5.68. The smallest absolute Gasteiger partial charge is 0.233 e. The largest absolute Gasteiger partial charge is 0.475 e. The second-order valence-electron chi connectivity index (χ2n) is 5.81. The molecule has 0 aliphatic carbocycles. The van der Waals surface area contributed by atoms with Crippen molar-refractivity contribution in [2.75, 3.05) is 19.7 Å². The van der Waals surface area contributed by atoms with E-state index in [2.05, 4.69) is 55.0 Å². The Kier molecular flexibility index (Phi) is 8.23. The van der Waals surface area contributed by atoms with Crippen LogP contribution in [0.1, 0.15) is 46.7 Å². The van der Waals surface area contributed by atoms with E-state index in [1.807, 2.05) is 12.1 Å². The number of rotatable bonds is 10. The van der Waals surface area contributed by atoms with Crippen LogP contribution in [0, 0.1) is 0 Å². The molecule has 0 saturated heterocycles. The van der Waals surface area contributed by atoms with Gasteiger partial charge in [-0.1, -0.05) is 6.92 Å². The average Bonchev–Trinajstić information content (AvgIpc) is 2.44. The Balaban J connectivity index is 2.35. The molecule has 0 amide bonds. The van der Waals surface area contributed by atoms with E-state index in [9.17, 15) is 0 Å². The Morgan fingerprint density at radius 2 is 1.86 bits per heavy atom. The van der Waals surface area contributed by atoms with Gasteiger partial charge in [0.25, 0.3) is 0 Å². The Labute approximate surface area is 129 Å². The van der Waals surface area contributed by atoms with Gasteiger partial charge in [-0.3, -0.25) is 4.90 Å². The van der Waals surface area contributed by atoms with Gasteiger partial charge in [0.1, 0.15) is 6.61 Å². The molecule has 1 rings (SSSR count). The highest BCUT2D eigenvalue weighted by atomic mass is 16.5. The first-order valence-corrected chi connectivity index (χ1v) is 7.96. The lowest BCUT2D eigenvalue weighted by molar-refractivity contribution is 0.139.